The lowest BCUT2D eigenvalue weighted by molar-refractivity contribution is 0.133. The number of carboxylic acid groups (broad SMARTS) is 1. The van der Waals surface area contributed by atoms with Gasteiger partial charge in [0.2, 0.25) is 0 Å². The summed E-state index contributed by atoms with van der Waals surface area (Å²) in [5.41, 5.74) is 0.877. The highest BCUT2D eigenvalue weighted by Gasteiger charge is 2.26. The Kier molecular flexibility index (Phi) is 3.91. The molecule has 1 aliphatic heterocycles. The number of halogens is 1. The minimum absolute atomic E-state index is 0.00697. The molecule has 0 radical (unpaired) electrons. The van der Waals surface area contributed by atoms with Crippen molar-refractivity contribution in [1.29, 1.82) is 0 Å². The monoisotopic (exact) mass is 269 g/mol. The Hall–Kier alpha value is -1.49. The topological polar surface area (TPSA) is 56.7 Å². The van der Waals surface area contributed by atoms with Crippen molar-refractivity contribution in [3.05, 3.63) is 23.5 Å². The van der Waals surface area contributed by atoms with Crippen LogP contribution < -0.4 is 4.90 Å². The van der Waals surface area contributed by atoms with Gasteiger partial charge in [-0.1, -0.05) is 11.6 Å². The van der Waals surface area contributed by atoms with Crippen molar-refractivity contribution in [3.63, 3.8) is 0 Å². The molecular weight excluding hydrogens is 254 g/mol. The molecule has 1 aromatic heterocycles. The lowest BCUT2D eigenvalue weighted by atomic mass is 10.0. The quantitative estimate of drug-likeness (QED) is 0.895. The van der Waals surface area contributed by atoms with E-state index in [0.29, 0.717) is 11.6 Å². The Morgan fingerprint density at radius 2 is 2.44 bits per heavy atom. The second-order valence-corrected chi connectivity index (χ2v) is 4.87. The van der Waals surface area contributed by atoms with Crippen LogP contribution in [0.3, 0.4) is 0 Å². The summed E-state index contributed by atoms with van der Waals surface area (Å²) in [5.74, 6) is 0. The minimum Gasteiger partial charge on any atom is -0.465 e. The number of pyridine rings is 1. The highest BCUT2D eigenvalue weighted by molar-refractivity contribution is 6.33. The van der Waals surface area contributed by atoms with Crippen LogP contribution in [0.2, 0.25) is 5.02 Å². The molecule has 0 aliphatic carbocycles. The SMILES string of the molecule is CN(C(=O)O)[C@@H]1CCCN(c2cnccc2Cl)C1. The molecular formula is C12H16ClN3O2. The van der Waals surface area contributed by atoms with Gasteiger partial charge in [0, 0.05) is 26.3 Å². The highest BCUT2D eigenvalue weighted by atomic mass is 35.5. The minimum atomic E-state index is -0.890. The molecule has 1 amide bonds. The van der Waals surface area contributed by atoms with E-state index in [1.807, 2.05) is 0 Å². The van der Waals surface area contributed by atoms with E-state index in [-0.39, 0.29) is 6.04 Å². The number of anilines is 1. The molecule has 1 N–H and O–H groups in total. The Balaban J connectivity index is 2.12. The van der Waals surface area contributed by atoms with Gasteiger partial charge < -0.3 is 14.9 Å². The first-order valence-corrected chi connectivity index (χ1v) is 6.27. The van der Waals surface area contributed by atoms with Crippen molar-refractivity contribution in [2.75, 3.05) is 25.0 Å². The summed E-state index contributed by atoms with van der Waals surface area (Å²) in [5, 5.41) is 9.67. The second kappa shape index (κ2) is 5.44. The predicted octanol–water partition coefficient (Wildman–Crippen LogP) is 2.31. The summed E-state index contributed by atoms with van der Waals surface area (Å²) < 4.78 is 0. The molecule has 0 bridgehead atoms. The van der Waals surface area contributed by atoms with Crippen LogP contribution in [0.4, 0.5) is 10.5 Å². The number of piperidine rings is 1. The summed E-state index contributed by atoms with van der Waals surface area (Å²) in [4.78, 5) is 18.5. The Morgan fingerprint density at radius 3 is 3.11 bits per heavy atom. The summed E-state index contributed by atoms with van der Waals surface area (Å²) in [6, 6.07) is 1.76. The van der Waals surface area contributed by atoms with E-state index in [2.05, 4.69) is 9.88 Å². The number of hydrogen-bond acceptors (Lipinski definition) is 3. The molecule has 98 valence electrons. The van der Waals surface area contributed by atoms with E-state index in [1.165, 1.54) is 4.90 Å². The largest absolute Gasteiger partial charge is 0.465 e. The number of likely N-dealkylation sites (N-methyl/N-ethyl adjacent to an activating group) is 1. The van der Waals surface area contributed by atoms with Crippen LogP contribution in [-0.2, 0) is 0 Å². The third kappa shape index (κ3) is 2.67. The first kappa shape index (κ1) is 13.0. The first-order valence-electron chi connectivity index (χ1n) is 5.90. The zero-order chi connectivity index (χ0) is 13.1. The zero-order valence-electron chi connectivity index (χ0n) is 10.2. The van der Waals surface area contributed by atoms with Gasteiger partial charge in [-0.2, -0.15) is 0 Å². The Labute approximate surface area is 111 Å². The van der Waals surface area contributed by atoms with E-state index in [0.717, 1.165) is 25.1 Å². The van der Waals surface area contributed by atoms with E-state index in [4.69, 9.17) is 16.7 Å². The fourth-order valence-corrected chi connectivity index (χ4v) is 2.47. The van der Waals surface area contributed by atoms with Crippen molar-refractivity contribution in [3.8, 4) is 0 Å². The van der Waals surface area contributed by atoms with Gasteiger partial charge in [-0.15, -0.1) is 0 Å². The van der Waals surface area contributed by atoms with Gasteiger partial charge >= 0.3 is 6.09 Å². The van der Waals surface area contributed by atoms with Crippen LogP contribution in [0, 0.1) is 0 Å². The van der Waals surface area contributed by atoms with Gasteiger partial charge in [0.15, 0.2) is 0 Å². The number of carbonyl (C=O) groups is 1. The Morgan fingerprint density at radius 1 is 1.67 bits per heavy atom. The average Bonchev–Trinajstić information content (AvgIpc) is 2.38. The fourth-order valence-electron chi connectivity index (χ4n) is 2.25. The zero-order valence-corrected chi connectivity index (χ0v) is 11.0. The van der Waals surface area contributed by atoms with Crippen molar-refractivity contribution < 1.29 is 9.90 Å². The molecule has 2 heterocycles. The van der Waals surface area contributed by atoms with Crippen LogP contribution >= 0.6 is 11.6 Å². The number of amides is 1. The third-order valence-corrected chi connectivity index (χ3v) is 3.65. The second-order valence-electron chi connectivity index (χ2n) is 4.46. The molecule has 0 saturated carbocycles. The maximum Gasteiger partial charge on any atom is 0.407 e. The average molecular weight is 270 g/mol. The standard InChI is InChI=1S/C12H16ClN3O2/c1-15(12(17)18)9-3-2-6-16(8-9)11-7-14-5-4-10(11)13/h4-5,7,9H,2-3,6,8H2,1H3,(H,17,18)/t9-/m1/s1. The van der Waals surface area contributed by atoms with Gasteiger partial charge in [0.05, 0.1) is 22.9 Å². The highest BCUT2D eigenvalue weighted by Crippen LogP contribution is 2.27. The fraction of sp³-hybridized carbons (Fsp3) is 0.500. The number of aromatic nitrogens is 1. The summed E-state index contributed by atoms with van der Waals surface area (Å²) in [7, 11) is 1.61. The summed E-state index contributed by atoms with van der Waals surface area (Å²) in [6.45, 7) is 1.55. The maximum atomic E-state index is 11.0. The molecule has 1 fully saturated rings. The molecule has 1 atom stereocenters. The normalized spacial score (nSPS) is 19.7. The molecule has 1 saturated heterocycles. The van der Waals surface area contributed by atoms with Gasteiger partial charge in [-0.3, -0.25) is 4.98 Å². The van der Waals surface area contributed by atoms with Gasteiger partial charge in [0.25, 0.3) is 0 Å². The van der Waals surface area contributed by atoms with E-state index in [1.54, 1.807) is 25.5 Å². The molecule has 0 unspecified atom stereocenters. The molecule has 1 aromatic rings. The van der Waals surface area contributed by atoms with Crippen molar-refractivity contribution >= 4 is 23.4 Å². The summed E-state index contributed by atoms with van der Waals surface area (Å²) in [6.07, 6.45) is 4.33. The number of hydrogen-bond donors (Lipinski definition) is 1. The number of rotatable bonds is 2. The maximum absolute atomic E-state index is 11.0. The van der Waals surface area contributed by atoms with Gasteiger partial charge in [0.1, 0.15) is 0 Å². The molecule has 0 spiro atoms. The first-order chi connectivity index (χ1) is 8.59. The van der Waals surface area contributed by atoms with Crippen LogP contribution in [0.15, 0.2) is 18.5 Å². The van der Waals surface area contributed by atoms with Crippen molar-refractivity contribution in [2.45, 2.75) is 18.9 Å². The van der Waals surface area contributed by atoms with E-state index in [9.17, 15) is 4.79 Å². The van der Waals surface area contributed by atoms with Gasteiger partial charge in [-0.25, -0.2) is 4.79 Å². The lowest BCUT2D eigenvalue weighted by Gasteiger charge is -2.37. The van der Waals surface area contributed by atoms with Crippen LogP contribution in [-0.4, -0.2) is 47.3 Å². The van der Waals surface area contributed by atoms with Crippen LogP contribution in [0.25, 0.3) is 0 Å². The van der Waals surface area contributed by atoms with Gasteiger partial charge in [-0.05, 0) is 18.9 Å². The molecule has 1 aliphatic rings. The third-order valence-electron chi connectivity index (χ3n) is 3.34. The Bertz CT molecular complexity index is 441. The summed E-state index contributed by atoms with van der Waals surface area (Å²) >= 11 is 6.14. The predicted molar refractivity (Wildman–Crippen MR) is 70.3 cm³/mol. The van der Waals surface area contributed by atoms with E-state index < -0.39 is 6.09 Å². The van der Waals surface area contributed by atoms with Crippen LogP contribution in [0.1, 0.15) is 12.8 Å². The lowest BCUT2D eigenvalue weighted by Crippen LogP contribution is -2.48. The van der Waals surface area contributed by atoms with Crippen LogP contribution in [0.5, 0.6) is 0 Å². The van der Waals surface area contributed by atoms with E-state index >= 15 is 0 Å². The number of nitrogens with zero attached hydrogens (tertiary/aromatic N) is 3. The smallest absolute Gasteiger partial charge is 0.407 e. The molecule has 2 rings (SSSR count). The van der Waals surface area contributed by atoms with Crippen molar-refractivity contribution in [1.82, 2.24) is 9.88 Å². The molecule has 18 heavy (non-hydrogen) atoms. The molecule has 0 aromatic carbocycles. The molecule has 5 nitrogen and oxygen atoms in total. The molecule has 6 heteroatoms. The van der Waals surface area contributed by atoms with Crippen molar-refractivity contribution in [2.24, 2.45) is 0 Å².